The van der Waals surface area contributed by atoms with Crippen molar-refractivity contribution in [2.45, 2.75) is 65.8 Å². The van der Waals surface area contributed by atoms with Crippen LogP contribution in [0.25, 0.3) is 11.1 Å². The van der Waals surface area contributed by atoms with Crippen molar-refractivity contribution in [3.05, 3.63) is 88.2 Å². The molecule has 0 unspecified atom stereocenters. The summed E-state index contributed by atoms with van der Waals surface area (Å²) >= 11 is 0. The Kier molecular flexibility index (Phi) is 6.87. The minimum absolute atomic E-state index is 0.616. The van der Waals surface area contributed by atoms with Crippen molar-refractivity contribution >= 4 is 5.97 Å². The number of fused-ring (bicyclic) bond motifs is 1. The molecule has 1 aliphatic heterocycles. The largest absolute Gasteiger partial charge is 0.479 e. The molecule has 1 aliphatic rings. The second kappa shape index (κ2) is 9.69. The minimum atomic E-state index is -1.10. The fourth-order valence-electron chi connectivity index (χ4n) is 4.70. The van der Waals surface area contributed by atoms with Crippen LogP contribution in [0.1, 0.15) is 60.5 Å². The molecule has 0 radical (unpaired) electrons. The molecule has 0 aliphatic carbocycles. The lowest BCUT2D eigenvalue weighted by molar-refractivity contribution is -0.160. The number of aliphatic carboxylic acids is 1. The highest BCUT2D eigenvalue weighted by molar-refractivity contribution is 5.82. The zero-order valence-corrected chi connectivity index (χ0v) is 20.8. The minimum Gasteiger partial charge on any atom is -0.479 e. The van der Waals surface area contributed by atoms with Crippen LogP contribution in [-0.4, -0.2) is 33.1 Å². The predicted molar refractivity (Wildman–Crippen MR) is 135 cm³/mol. The summed E-state index contributed by atoms with van der Waals surface area (Å²) in [4.78, 5) is 19.8. The molecule has 1 aromatic heterocycles. The van der Waals surface area contributed by atoms with Crippen LogP contribution in [0.3, 0.4) is 0 Å². The number of carboxylic acids is 1. The normalized spacial score (nSPS) is 15.1. The number of hydrogen-bond acceptors (Lipinski definition) is 4. The van der Waals surface area contributed by atoms with E-state index in [1.165, 1.54) is 5.56 Å². The van der Waals surface area contributed by atoms with Crippen molar-refractivity contribution in [1.29, 1.82) is 0 Å². The van der Waals surface area contributed by atoms with E-state index in [9.17, 15) is 9.90 Å². The molecule has 1 N–H and O–H groups in total. The van der Waals surface area contributed by atoms with Crippen LogP contribution in [0.4, 0.5) is 0 Å². The smallest absolute Gasteiger partial charge is 0.337 e. The Morgan fingerprint density at radius 1 is 1.09 bits per heavy atom. The highest BCUT2D eigenvalue weighted by atomic mass is 16.5. The van der Waals surface area contributed by atoms with Crippen molar-refractivity contribution in [1.82, 2.24) is 9.88 Å². The number of pyridine rings is 1. The van der Waals surface area contributed by atoms with Crippen LogP contribution < -0.4 is 0 Å². The topological polar surface area (TPSA) is 62.7 Å². The highest BCUT2D eigenvalue weighted by Crippen LogP contribution is 2.40. The maximum Gasteiger partial charge on any atom is 0.337 e. The van der Waals surface area contributed by atoms with Crippen molar-refractivity contribution < 1.29 is 14.6 Å². The van der Waals surface area contributed by atoms with E-state index in [-0.39, 0.29) is 0 Å². The van der Waals surface area contributed by atoms with E-state index < -0.39 is 17.7 Å². The third-order valence-electron chi connectivity index (χ3n) is 6.21. The summed E-state index contributed by atoms with van der Waals surface area (Å²) < 4.78 is 6.11. The van der Waals surface area contributed by atoms with Gasteiger partial charge < -0.3 is 9.84 Å². The number of aromatic nitrogens is 1. The first-order valence-corrected chi connectivity index (χ1v) is 11.9. The van der Waals surface area contributed by atoms with Crippen molar-refractivity contribution in [2.75, 3.05) is 6.54 Å². The molecule has 0 fully saturated rings. The van der Waals surface area contributed by atoms with Gasteiger partial charge in [-0.2, -0.15) is 0 Å². The molecule has 5 nitrogen and oxygen atoms in total. The van der Waals surface area contributed by atoms with Crippen molar-refractivity contribution in [2.24, 2.45) is 0 Å². The van der Waals surface area contributed by atoms with Gasteiger partial charge >= 0.3 is 5.97 Å². The van der Waals surface area contributed by atoms with Gasteiger partial charge in [-0.05, 0) is 56.9 Å². The Hall–Kier alpha value is -3.02. The number of aryl methyl sites for hydroxylation is 2. The molecule has 34 heavy (non-hydrogen) atoms. The highest BCUT2D eigenvalue weighted by Gasteiger charge is 2.34. The number of rotatable bonds is 6. The van der Waals surface area contributed by atoms with Crippen molar-refractivity contribution in [3.8, 4) is 11.1 Å². The molecule has 5 heteroatoms. The average Bonchev–Trinajstić information content (AvgIpc) is 2.78. The number of hydrogen-bond donors (Lipinski definition) is 1. The van der Waals surface area contributed by atoms with Gasteiger partial charge in [-0.25, -0.2) is 4.79 Å². The van der Waals surface area contributed by atoms with Gasteiger partial charge in [-0.15, -0.1) is 0 Å². The van der Waals surface area contributed by atoms with E-state index >= 15 is 0 Å². The maximum atomic E-state index is 12.5. The maximum absolute atomic E-state index is 12.5. The molecular weight excluding hydrogens is 424 g/mol. The van der Waals surface area contributed by atoms with Gasteiger partial charge in [0.1, 0.15) is 0 Å². The molecule has 178 valence electrons. The summed E-state index contributed by atoms with van der Waals surface area (Å²) in [7, 11) is 0. The van der Waals surface area contributed by atoms with Crippen LogP contribution in [0.5, 0.6) is 0 Å². The van der Waals surface area contributed by atoms with Gasteiger partial charge in [-0.3, -0.25) is 9.88 Å². The summed E-state index contributed by atoms with van der Waals surface area (Å²) in [6.07, 6.45) is -0.265. The summed E-state index contributed by atoms with van der Waals surface area (Å²) in [6.45, 7) is 12.1. The molecule has 2 aromatic carbocycles. The van der Waals surface area contributed by atoms with Gasteiger partial charge in [0.2, 0.25) is 0 Å². The van der Waals surface area contributed by atoms with E-state index in [1.807, 2.05) is 33.8 Å². The Morgan fingerprint density at radius 3 is 2.38 bits per heavy atom. The molecule has 0 saturated carbocycles. The van der Waals surface area contributed by atoms with Crippen LogP contribution in [0.2, 0.25) is 0 Å². The SMILES string of the molecule is Cc1ccc(-c2c3c(nc(C)c2[C@H](OC(C)(C)C)C(=O)O)CCN(Cc2ccccc2)C3)cc1. The van der Waals surface area contributed by atoms with E-state index in [4.69, 9.17) is 9.72 Å². The lowest BCUT2D eigenvalue weighted by Crippen LogP contribution is -2.33. The number of benzene rings is 2. The van der Waals surface area contributed by atoms with E-state index in [0.29, 0.717) is 5.56 Å². The lowest BCUT2D eigenvalue weighted by atomic mass is 9.87. The molecule has 3 aromatic rings. The quantitative estimate of drug-likeness (QED) is 0.501. The molecule has 0 bridgehead atoms. The summed E-state index contributed by atoms with van der Waals surface area (Å²) in [6, 6.07) is 18.8. The first-order valence-electron chi connectivity index (χ1n) is 11.9. The number of carbonyl (C=O) groups is 1. The standard InChI is InChI=1S/C29H34N2O3/c1-19-11-13-22(14-12-19)26-23-18-31(17-21-9-7-6-8-10-21)16-15-24(23)30-20(2)25(26)27(28(32)33)34-29(3,4)5/h6-14,27H,15-18H2,1-5H3,(H,32,33)/t27-/m0/s1. The fourth-order valence-corrected chi connectivity index (χ4v) is 4.70. The Labute approximate surface area is 202 Å². The predicted octanol–water partition coefficient (Wildman–Crippen LogP) is 5.86. The van der Waals surface area contributed by atoms with Gasteiger partial charge in [0.05, 0.1) is 5.60 Å². The van der Waals surface area contributed by atoms with Gasteiger partial charge in [0.15, 0.2) is 6.10 Å². The molecule has 2 heterocycles. The second-order valence-corrected chi connectivity index (χ2v) is 10.2. The number of nitrogens with zero attached hydrogens (tertiary/aromatic N) is 2. The Bertz CT molecular complexity index is 1160. The van der Waals surface area contributed by atoms with E-state index in [1.54, 1.807) is 0 Å². The third kappa shape index (κ3) is 5.37. The van der Waals surface area contributed by atoms with Crippen molar-refractivity contribution in [3.63, 3.8) is 0 Å². The zero-order chi connectivity index (χ0) is 24.5. The molecular formula is C29H34N2O3. The summed E-state index contributed by atoms with van der Waals surface area (Å²) in [5.41, 5.74) is 7.32. The van der Waals surface area contributed by atoms with Crippen LogP contribution in [0.15, 0.2) is 54.6 Å². The zero-order valence-electron chi connectivity index (χ0n) is 20.8. The van der Waals surface area contributed by atoms with E-state index in [2.05, 4.69) is 60.4 Å². The van der Waals surface area contributed by atoms with E-state index in [0.717, 1.165) is 59.7 Å². The monoisotopic (exact) mass is 458 g/mol. The van der Waals surface area contributed by atoms with Crippen LogP contribution in [-0.2, 0) is 29.0 Å². The fraction of sp³-hybridized carbons (Fsp3) is 0.379. The van der Waals surface area contributed by atoms with Crippen LogP contribution >= 0.6 is 0 Å². The number of ether oxygens (including phenoxy) is 1. The molecule has 0 spiro atoms. The first kappa shape index (κ1) is 24.1. The second-order valence-electron chi connectivity index (χ2n) is 10.2. The lowest BCUT2D eigenvalue weighted by Gasteiger charge is -2.33. The first-order chi connectivity index (χ1) is 16.1. The Balaban J connectivity index is 1.86. The van der Waals surface area contributed by atoms with Gasteiger partial charge in [0, 0.05) is 43.0 Å². The third-order valence-corrected chi connectivity index (χ3v) is 6.21. The van der Waals surface area contributed by atoms with Gasteiger partial charge in [0.25, 0.3) is 0 Å². The molecule has 0 amide bonds. The number of carboxylic acid groups (broad SMARTS) is 1. The molecule has 0 saturated heterocycles. The summed E-state index contributed by atoms with van der Waals surface area (Å²) in [5.74, 6) is -0.995. The average molecular weight is 459 g/mol. The van der Waals surface area contributed by atoms with Crippen LogP contribution in [0, 0.1) is 13.8 Å². The molecule has 1 atom stereocenters. The Morgan fingerprint density at radius 2 is 1.76 bits per heavy atom. The van der Waals surface area contributed by atoms with Gasteiger partial charge in [-0.1, -0.05) is 60.2 Å². The molecule has 4 rings (SSSR count). The summed E-state index contributed by atoms with van der Waals surface area (Å²) in [5, 5.41) is 10.2.